The first-order valence-corrected chi connectivity index (χ1v) is 7.29. The number of nitrogens with one attached hydrogen (secondary N) is 2. The Morgan fingerprint density at radius 2 is 2.00 bits per heavy atom. The van der Waals surface area contributed by atoms with Crippen LogP contribution in [0.15, 0.2) is 40.7 Å². The predicted octanol–water partition coefficient (Wildman–Crippen LogP) is 3.68. The molecule has 0 aliphatic heterocycles. The van der Waals surface area contributed by atoms with Crippen LogP contribution in [0.2, 0.25) is 0 Å². The van der Waals surface area contributed by atoms with Crippen molar-refractivity contribution in [1.82, 2.24) is 10.6 Å². The molecule has 1 aromatic heterocycles. The number of benzene rings is 1. The highest BCUT2D eigenvalue weighted by molar-refractivity contribution is 14.0. The molecule has 2 rings (SSSR count). The molecule has 0 saturated heterocycles. The zero-order chi connectivity index (χ0) is 14.4. The molecule has 0 atom stereocenters. The maximum absolute atomic E-state index is 13.1. The summed E-state index contributed by atoms with van der Waals surface area (Å²) in [6.45, 7) is 3.38. The smallest absolute Gasteiger partial charge is 0.191 e. The van der Waals surface area contributed by atoms with E-state index in [1.807, 2.05) is 6.07 Å². The molecular formula is C15H19FIN3S. The lowest BCUT2D eigenvalue weighted by Gasteiger charge is -2.11. The van der Waals surface area contributed by atoms with Gasteiger partial charge in [0, 0.05) is 18.5 Å². The fourth-order valence-electron chi connectivity index (χ4n) is 1.80. The Bertz CT molecular complexity index is 598. The van der Waals surface area contributed by atoms with Gasteiger partial charge in [-0.2, -0.15) is 0 Å². The third-order valence-electron chi connectivity index (χ3n) is 2.96. The van der Waals surface area contributed by atoms with Crippen molar-refractivity contribution in [3.63, 3.8) is 0 Å². The number of hydrogen-bond acceptors (Lipinski definition) is 2. The molecule has 0 aliphatic carbocycles. The lowest BCUT2D eigenvalue weighted by Crippen LogP contribution is -2.36. The fraction of sp³-hybridized carbons (Fsp3) is 0.267. The Hall–Kier alpha value is -1.15. The molecule has 3 nitrogen and oxygen atoms in total. The molecule has 114 valence electrons. The molecule has 0 saturated carbocycles. The van der Waals surface area contributed by atoms with Crippen LogP contribution in [-0.4, -0.2) is 13.0 Å². The molecular weight excluding hydrogens is 400 g/mol. The highest BCUT2D eigenvalue weighted by Gasteiger charge is 2.02. The van der Waals surface area contributed by atoms with Crippen LogP contribution in [0.5, 0.6) is 0 Å². The first kappa shape index (κ1) is 17.9. The van der Waals surface area contributed by atoms with Gasteiger partial charge in [0.25, 0.3) is 0 Å². The van der Waals surface area contributed by atoms with Gasteiger partial charge in [-0.25, -0.2) is 4.39 Å². The second-order valence-corrected chi connectivity index (χ2v) is 5.44. The molecule has 0 aliphatic rings. The SMILES string of the molecule is CN=C(NCc1cccc(F)c1)NCc1sccc1C.I. The maximum Gasteiger partial charge on any atom is 0.191 e. The van der Waals surface area contributed by atoms with Crippen molar-refractivity contribution in [2.75, 3.05) is 7.05 Å². The molecule has 6 heteroatoms. The standard InChI is InChI=1S/C15H18FN3S.HI/c1-11-6-7-20-14(11)10-19-15(17-2)18-9-12-4-3-5-13(16)8-12;/h3-8H,9-10H2,1-2H3,(H2,17,18,19);1H. The van der Waals surface area contributed by atoms with Crippen molar-refractivity contribution in [1.29, 1.82) is 0 Å². The third kappa shape index (κ3) is 5.62. The Balaban J connectivity index is 0.00000220. The summed E-state index contributed by atoms with van der Waals surface area (Å²) in [6.07, 6.45) is 0. The average molecular weight is 419 g/mol. The molecule has 0 unspecified atom stereocenters. The normalized spacial score (nSPS) is 10.9. The van der Waals surface area contributed by atoms with E-state index < -0.39 is 0 Å². The van der Waals surface area contributed by atoms with Crippen LogP contribution in [-0.2, 0) is 13.1 Å². The van der Waals surface area contributed by atoms with E-state index in [0.29, 0.717) is 12.5 Å². The average Bonchev–Trinajstić information content (AvgIpc) is 2.85. The summed E-state index contributed by atoms with van der Waals surface area (Å²) < 4.78 is 13.1. The second-order valence-electron chi connectivity index (χ2n) is 4.44. The van der Waals surface area contributed by atoms with E-state index >= 15 is 0 Å². The Labute approximate surface area is 145 Å². The minimum Gasteiger partial charge on any atom is -0.352 e. The molecule has 0 radical (unpaired) electrons. The van der Waals surface area contributed by atoms with Crippen molar-refractivity contribution in [2.45, 2.75) is 20.0 Å². The van der Waals surface area contributed by atoms with Crippen molar-refractivity contribution in [3.05, 3.63) is 57.5 Å². The van der Waals surface area contributed by atoms with Crippen LogP contribution < -0.4 is 10.6 Å². The van der Waals surface area contributed by atoms with Gasteiger partial charge < -0.3 is 10.6 Å². The number of aryl methyl sites for hydroxylation is 1. The van der Waals surface area contributed by atoms with E-state index in [0.717, 1.165) is 12.1 Å². The van der Waals surface area contributed by atoms with E-state index in [9.17, 15) is 4.39 Å². The van der Waals surface area contributed by atoms with E-state index in [-0.39, 0.29) is 29.8 Å². The van der Waals surface area contributed by atoms with Crippen molar-refractivity contribution >= 4 is 41.3 Å². The van der Waals surface area contributed by atoms with E-state index in [1.54, 1.807) is 24.5 Å². The van der Waals surface area contributed by atoms with Crippen LogP contribution in [0, 0.1) is 12.7 Å². The van der Waals surface area contributed by atoms with Crippen LogP contribution in [0.4, 0.5) is 4.39 Å². The summed E-state index contributed by atoms with van der Waals surface area (Å²) in [4.78, 5) is 5.45. The van der Waals surface area contributed by atoms with Gasteiger partial charge in [-0.3, -0.25) is 4.99 Å². The molecule has 0 bridgehead atoms. The van der Waals surface area contributed by atoms with Gasteiger partial charge in [0.1, 0.15) is 5.82 Å². The number of halogens is 2. The fourth-order valence-corrected chi connectivity index (χ4v) is 2.65. The summed E-state index contributed by atoms with van der Waals surface area (Å²) in [5, 5.41) is 8.50. The first-order chi connectivity index (χ1) is 9.69. The summed E-state index contributed by atoms with van der Waals surface area (Å²) in [7, 11) is 1.72. The first-order valence-electron chi connectivity index (χ1n) is 6.41. The predicted molar refractivity (Wildman–Crippen MR) is 97.9 cm³/mol. The monoisotopic (exact) mass is 419 g/mol. The number of nitrogens with zero attached hydrogens (tertiary/aromatic N) is 1. The number of hydrogen-bond donors (Lipinski definition) is 2. The van der Waals surface area contributed by atoms with Gasteiger partial charge in [-0.15, -0.1) is 35.3 Å². The number of thiophene rings is 1. The molecule has 0 amide bonds. The molecule has 0 fully saturated rings. The molecule has 2 aromatic rings. The molecule has 21 heavy (non-hydrogen) atoms. The van der Waals surface area contributed by atoms with E-state index in [4.69, 9.17) is 0 Å². The quantitative estimate of drug-likeness (QED) is 0.451. The van der Waals surface area contributed by atoms with Crippen molar-refractivity contribution in [3.8, 4) is 0 Å². The Morgan fingerprint density at radius 3 is 2.62 bits per heavy atom. The highest BCUT2D eigenvalue weighted by atomic mass is 127. The molecule has 2 N–H and O–H groups in total. The lowest BCUT2D eigenvalue weighted by atomic mass is 10.2. The topological polar surface area (TPSA) is 36.4 Å². The van der Waals surface area contributed by atoms with E-state index in [2.05, 4.69) is 34.0 Å². The second kappa shape index (κ2) is 8.99. The van der Waals surface area contributed by atoms with E-state index in [1.165, 1.54) is 22.6 Å². The molecule has 1 aromatic carbocycles. The summed E-state index contributed by atoms with van der Waals surface area (Å²) >= 11 is 1.72. The van der Waals surface area contributed by atoms with Gasteiger partial charge >= 0.3 is 0 Å². The lowest BCUT2D eigenvalue weighted by molar-refractivity contribution is 0.624. The van der Waals surface area contributed by atoms with Gasteiger partial charge in [0.05, 0.1) is 6.54 Å². The zero-order valence-electron chi connectivity index (χ0n) is 12.0. The largest absolute Gasteiger partial charge is 0.352 e. The summed E-state index contributed by atoms with van der Waals surface area (Å²) in [5.41, 5.74) is 2.17. The van der Waals surface area contributed by atoms with Gasteiger partial charge in [0.15, 0.2) is 5.96 Å². The molecule has 1 heterocycles. The molecule has 0 spiro atoms. The Kier molecular flexibility index (Phi) is 7.66. The summed E-state index contributed by atoms with van der Waals surface area (Å²) in [5.74, 6) is 0.489. The maximum atomic E-state index is 13.1. The van der Waals surface area contributed by atoms with Crippen LogP contribution in [0.25, 0.3) is 0 Å². The van der Waals surface area contributed by atoms with Crippen molar-refractivity contribution < 1.29 is 4.39 Å². The number of rotatable bonds is 4. The number of guanidine groups is 1. The van der Waals surface area contributed by atoms with Gasteiger partial charge in [0.2, 0.25) is 0 Å². The van der Waals surface area contributed by atoms with Crippen LogP contribution in [0.3, 0.4) is 0 Å². The highest BCUT2D eigenvalue weighted by Crippen LogP contribution is 2.14. The zero-order valence-corrected chi connectivity index (χ0v) is 15.2. The van der Waals surface area contributed by atoms with Crippen LogP contribution >= 0.6 is 35.3 Å². The minimum atomic E-state index is -0.221. The number of aliphatic imine (C=N–C) groups is 1. The Morgan fingerprint density at radius 1 is 1.24 bits per heavy atom. The summed E-state index contributed by atoms with van der Waals surface area (Å²) in [6, 6.07) is 8.65. The van der Waals surface area contributed by atoms with Gasteiger partial charge in [-0.1, -0.05) is 12.1 Å². The van der Waals surface area contributed by atoms with Crippen LogP contribution in [0.1, 0.15) is 16.0 Å². The van der Waals surface area contributed by atoms with Crippen molar-refractivity contribution in [2.24, 2.45) is 4.99 Å². The van der Waals surface area contributed by atoms with Gasteiger partial charge in [-0.05, 0) is 41.6 Å². The minimum absolute atomic E-state index is 0. The third-order valence-corrected chi connectivity index (χ3v) is 3.98.